The van der Waals surface area contributed by atoms with Gasteiger partial charge < -0.3 is 5.32 Å². The Balaban J connectivity index is 1.79. The van der Waals surface area contributed by atoms with Crippen molar-refractivity contribution in [3.63, 3.8) is 0 Å². The van der Waals surface area contributed by atoms with Gasteiger partial charge in [-0.2, -0.15) is 11.8 Å². The van der Waals surface area contributed by atoms with Crippen molar-refractivity contribution in [3.05, 3.63) is 28.5 Å². The monoisotopic (exact) mass is 342 g/mol. The summed E-state index contributed by atoms with van der Waals surface area (Å²) in [5.41, 5.74) is 1.30. The zero-order valence-electron chi connectivity index (χ0n) is 11.6. The third-order valence-electron chi connectivity index (χ3n) is 3.74. The van der Waals surface area contributed by atoms with Gasteiger partial charge in [-0.05, 0) is 53.9 Å². The molecular formula is C15H23BrN2S. The van der Waals surface area contributed by atoms with Crippen LogP contribution in [0.1, 0.15) is 37.7 Å². The second-order valence-electron chi connectivity index (χ2n) is 5.29. The molecule has 1 heterocycles. The first kappa shape index (κ1) is 15.3. The highest BCUT2D eigenvalue weighted by molar-refractivity contribution is 9.10. The van der Waals surface area contributed by atoms with E-state index in [1.807, 2.05) is 12.4 Å². The molecule has 2 rings (SSSR count). The first-order chi connectivity index (χ1) is 9.28. The quantitative estimate of drug-likeness (QED) is 0.844. The minimum atomic E-state index is 0.544. The summed E-state index contributed by atoms with van der Waals surface area (Å²) < 4.78 is 1.07. The van der Waals surface area contributed by atoms with E-state index in [4.69, 9.17) is 0 Å². The molecule has 1 aromatic rings. The molecule has 106 valence electrons. The third-order valence-corrected chi connectivity index (χ3v) is 5.71. The zero-order valence-corrected chi connectivity index (χ0v) is 14.0. The maximum atomic E-state index is 4.24. The van der Waals surface area contributed by atoms with Crippen LogP contribution in [0.3, 0.4) is 0 Å². The van der Waals surface area contributed by atoms with Gasteiger partial charge in [0.05, 0.1) is 0 Å². The van der Waals surface area contributed by atoms with E-state index >= 15 is 0 Å². The fourth-order valence-electron chi connectivity index (χ4n) is 2.58. The van der Waals surface area contributed by atoms with Gasteiger partial charge >= 0.3 is 0 Å². The van der Waals surface area contributed by atoms with Crippen LogP contribution in [-0.4, -0.2) is 29.1 Å². The highest BCUT2D eigenvalue weighted by Gasteiger charge is 2.16. The number of likely N-dealkylation sites (N-methyl/N-ethyl adjacent to an activating group) is 1. The molecule has 4 heteroatoms. The predicted octanol–water partition coefficient (Wildman–Crippen LogP) is 4.04. The molecule has 1 fully saturated rings. The van der Waals surface area contributed by atoms with Crippen molar-refractivity contribution in [3.8, 4) is 0 Å². The number of pyridine rings is 1. The highest BCUT2D eigenvalue weighted by atomic mass is 79.9. The number of halogens is 1. The standard InChI is InChI=1S/C15H23BrN2S/c1-17-14(8-12-7-13(16)10-18-9-12)11-19-15-5-3-2-4-6-15/h7,9-10,14-15,17H,2-6,8,11H2,1H3. The number of rotatable bonds is 6. The summed E-state index contributed by atoms with van der Waals surface area (Å²) in [4.78, 5) is 4.24. The molecule has 0 spiro atoms. The van der Waals surface area contributed by atoms with E-state index in [1.54, 1.807) is 0 Å². The molecule has 1 saturated carbocycles. The van der Waals surface area contributed by atoms with Crippen LogP contribution in [0, 0.1) is 0 Å². The van der Waals surface area contributed by atoms with Crippen molar-refractivity contribution in [2.24, 2.45) is 0 Å². The molecule has 1 unspecified atom stereocenters. The van der Waals surface area contributed by atoms with Gasteiger partial charge in [-0.15, -0.1) is 0 Å². The van der Waals surface area contributed by atoms with Gasteiger partial charge in [0.1, 0.15) is 0 Å². The first-order valence-electron chi connectivity index (χ1n) is 7.16. The molecule has 0 bridgehead atoms. The molecule has 0 saturated heterocycles. The van der Waals surface area contributed by atoms with Crippen molar-refractivity contribution in [2.75, 3.05) is 12.8 Å². The number of nitrogens with one attached hydrogen (secondary N) is 1. The fraction of sp³-hybridized carbons (Fsp3) is 0.667. The zero-order chi connectivity index (χ0) is 13.5. The summed E-state index contributed by atoms with van der Waals surface area (Å²) >= 11 is 5.65. The Morgan fingerprint density at radius 1 is 1.37 bits per heavy atom. The van der Waals surface area contributed by atoms with Gasteiger partial charge in [0, 0.05) is 33.9 Å². The molecule has 1 atom stereocenters. The third kappa shape index (κ3) is 5.44. The van der Waals surface area contributed by atoms with E-state index in [-0.39, 0.29) is 0 Å². The van der Waals surface area contributed by atoms with E-state index < -0.39 is 0 Å². The summed E-state index contributed by atoms with van der Waals surface area (Å²) in [6, 6.07) is 2.71. The molecule has 0 amide bonds. The summed E-state index contributed by atoms with van der Waals surface area (Å²) in [7, 11) is 2.07. The van der Waals surface area contributed by atoms with Gasteiger partial charge in [0.2, 0.25) is 0 Å². The van der Waals surface area contributed by atoms with Crippen LogP contribution in [0.4, 0.5) is 0 Å². The van der Waals surface area contributed by atoms with E-state index in [2.05, 4.69) is 51.1 Å². The topological polar surface area (TPSA) is 24.9 Å². The molecule has 19 heavy (non-hydrogen) atoms. The van der Waals surface area contributed by atoms with E-state index in [9.17, 15) is 0 Å². The minimum absolute atomic E-state index is 0.544. The summed E-state index contributed by atoms with van der Waals surface area (Å²) in [6.07, 6.45) is 12.0. The fourth-order valence-corrected chi connectivity index (χ4v) is 4.45. The lowest BCUT2D eigenvalue weighted by molar-refractivity contribution is 0.514. The average molecular weight is 343 g/mol. The van der Waals surface area contributed by atoms with Crippen molar-refractivity contribution >= 4 is 27.7 Å². The molecule has 0 aliphatic heterocycles. The number of hydrogen-bond acceptors (Lipinski definition) is 3. The Kier molecular flexibility index (Phi) is 6.68. The largest absolute Gasteiger partial charge is 0.316 e. The second kappa shape index (κ2) is 8.28. The molecule has 2 nitrogen and oxygen atoms in total. The van der Waals surface area contributed by atoms with Crippen LogP contribution in [0.2, 0.25) is 0 Å². The number of nitrogens with zero attached hydrogens (tertiary/aromatic N) is 1. The van der Waals surface area contributed by atoms with Crippen LogP contribution in [-0.2, 0) is 6.42 Å². The van der Waals surface area contributed by atoms with Crippen molar-refractivity contribution in [1.29, 1.82) is 0 Å². The number of aromatic nitrogens is 1. The smallest absolute Gasteiger partial charge is 0.0410 e. The Labute approximate surface area is 129 Å². The van der Waals surface area contributed by atoms with E-state index in [1.165, 1.54) is 43.4 Å². The van der Waals surface area contributed by atoms with Gasteiger partial charge in [0.15, 0.2) is 0 Å². The SMILES string of the molecule is CNC(CSC1CCCCC1)Cc1cncc(Br)c1. The van der Waals surface area contributed by atoms with Crippen LogP contribution >= 0.6 is 27.7 Å². The van der Waals surface area contributed by atoms with Gasteiger partial charge in [0.25, 0.3) is 0 Å². The maximum absolute atomic E-state index is 4.24. The lowest BCUT2D eigenvalue weighted by Crippen LogP contribution is -2.31. The first-order valence-corrected chi connectivity index (χ1v) is 9.00. The Bertz CT molecular complexity index is 380. The molecule has 1 aliphatic carbocycles. The molecular weight excluding hydrogens is 320 g/mol. The highest BCUT2D eigenvalue weighted by Crippen LogP contribution is 2.28. The normalized spacial score (nSPS) is 18.4. The predicted molar refractivity (Wildman–Crippen MR) is 87.8 cm³/mol. The maximum Gasteiger partial charge on any atom is 0.0410 e. The van der Waals surface area contributed by atoms with Crippen molar-refractivity contribution < 1.29 is 0 Å². The van der Waals surface area contributed by atoms with E-state index in [0.717, 1.165) is 16.1 Å². The van der Waals surface area contributed by atoms with Crippen LogP contribution in [0.5, 0.6) is 0 Å². The van der Waals surface area contributed by atoms with Crippen LogP contribution < -0.4 is 5.32 Å². The average Bonchev–Trinajstić information content (AvgIpc) is 2.44. The molecule has 0 radical (unpaired) electrons. The Morgan fingerprint density at radius 3 is 2.84 bits per heavy atom. The number of hydrogen-bond donors (Lipinski definition) is 1. The molecule has 1 N–H and O–H groups in total. The van der Waals surface area contributed by atoms with E-state index in [0.29, 0.717) is 6.04 Å². The summed E-state index contributed by atoms with van der Waals surface area (Å²) in [5, 5.41) is 4.34. The van der Waals surface area contributed by atoms with Gasteiger partial charge in [-0.1, -0.05) is 19.3 Å². The summed E-state index contributed by atoms with van der Waals surface area (Å²) in [6.45, 7) is 0. The van der Waals surface area contributed by atoms with Gasteiger partial charge in [-0.3, -0.25) is 4.98 Å². The lowest BCUT2D eigenvalue weighted by Gasteiger charge is -2.24. The minimum Gasteiger partial charge on any atom is -0.316 e. The van der Waals surface area contributed by atoms with Crippen molar-refractivity contribution in [2.45, 2.75) is 49.8 Å². The molecule has 0 aromatic carbocycles. The molecule has 1 aromatic heterocycles. The van der Waals surface area contributed by atoms with Crippen molar-refractivity contribution in [1.82, 2.24) is 10.3 Å². The number of thioether (sulfide) groups is 1. The van der Waals surface area contributed by atoms with Crippen LogP contribution in [0.25, 0.3) is 0 Å². The van der Waals surface area contributed by atoms with Crippen LogP contribution in [0.15, 0.2) is 22.9 Å². The Hall–Kier alpha value is -0.0600. The van der Waals surface area contributed by atoms with Gasteiger partial charge in [-0.25, -0.2) is 0 Å². The molecule has 1 aliphatic rings. The Morgan fingerprint density at radius 2 is 2.16 bits per heavy atom. The summed E-state index contributed by atoms with van der Waals surface area (Å²) in [5.74, 6) is 1.20. The lowest BCUT2D eigenvalue weighted by atomic mass is 10.0. The second-order valence-corrected chi connectivity index (χ2v) is 7.54.